The second-order valence-corrected chi connectivity index (χ2v) is 9.50. The van der Waals surface area contributed by atoms with E-state index in [-0.39, 0.29) is 24.0 Å². The average molecular weight is 426 g/mol. The molecule has 2 aliphatic rings. The summed E-state index contributed by atoms with van der Waals surface area (Å²) in [6.07, 6.45) is 2.79. The molecule has 5 nitrogen and oxygen atoms in total. The highest BCUT2D eigenvalue weighted by atomic mass is 16.8. The van der Waals surface area contributed by atoms with Crippen LogP contribution in [0.5, 0.6) is 0 Å². The summed E-state index contributed by atoms with van der Waals surface area (Å²) in [7, 11) is 0. The summed E-state index contributed by atoms with van der Waals surface area (Å²) in [5, 5.41) is 2.14. The van der Waals surface area contributed by atoms with Crippen molar-refractivity contribution in [1.29, 1.82) is 0 Å². The van der Waals surface area contributed by atoms with Crippen molar-refractivity contribution in [2.45, 2.75) is 83.3 Å². The van der Waals surface area contributed by atoms with Crippen molar-refractivity contribution >= 4 is 0 Å². The normalized spacial score (nSPS) is 24.9. The maximum absolute atomic E-state index is 6.41. The van der Waals surface area contributed by atoms with Crippen LogP contribution in [0.3, 0.4) is 0 Å². The smallest absolute Gasteiger partial charge is 0.179 e. The topological polar surface area (TPSA) is 40.2 Å². The Morgan fingerprint density at radius 1 is 0.935 bits per heavy atom. The molecule has 2 saturated heterocycles. The van der Waals surface area contributed by atoms with Crippen LogP contribution in [0.2, 0.25) is 0 Å². The Kier molecular flexibility index (Phi) is 7.41. The predicted octanol–water partition coefficient (Wildman–Crippen LogP) is 5.10. The van der Waals surface area contributed by atoms with E-state index in [4.69, 9.17) is 19.0 Å². The number of benzene rings is 2. The van der Waals surface area contributed by atoms with Gasteiger partial charge in [0.15, 0.2) is 6.29 Å². The molecule has 5 heteroatoms. The zero-order chi connectivity index (χ0) is 21.7. The molecule has 0 aliphatic carbocycles. The quantitative estimate of drug-likeness (QED) is 0.559. The Hall–Kier alpha value is -1.76. The molecule has 168 valence electrons. The fraction of sp³-hybridized carbons (Fsp3) is 0.538. The third kappa shape index (κ3) is 6.37. The molecule has 0 aromatic heterocycles. The first kappa shape index (κ1) is 22.4. The van der Waals surface area contributed by atoms with Crippen molar-refractivity contribution in [3.8, 4) is 0 Å². The molecule has 2 aromatic carbocycles. The lowest BCUT2D eigenvalue weighted by Gasteiger charge is -2.31. The lowest BCUT2D eigenvalue weighted by Crippen LogP contribution is -2.43. The minimum Gasteiger partial charge on any atom is -0.374 e. The van der Waals surface area contributed by atoms with E-state index >= 15 is 0 Å². The summed E-state index contributed by atoms with van der Waals surface area (Å²) in [6, 6.07) is 21.1. The van der Waals surface area contributed by atoms with E-state index in [0.717, 1.165) is 19.3 Å². The first-order chi connectivity index (χ1) is 15.0. The van der Waals surface area contributed by atoms with E-state index in [9.17, 15) is 0 Å². The Balaban J connectivity index is 1.39. The number of fused-ring (bicyclic) bond motifs is 1. The molecule has 0 amide bonds. The van der Waals surface area contributed by atoms with Gasteiger partial charge in [0.25, 0.3) is 0 Å². The summed E-state index contributed by atoms with van der Waals surface area (Å²) in [4.78, 5) is 6.25. The monoisotopic (exact) mass is 425 g/mol. The largest absolute Gasteiger partial charge is 0.374 e. The van der Waals surface area contributed by atoms with Crippen LogP contribution < -0.4 is 0 Å². The van der Waals surface area contributed by atoms with Crippen LogP contribution >= 0.6 is 0 Å². The Morgan fingerprint density at radius 2 is 1.58 bits per heavy atom. The van der Waals surface area contributed by atoms with E-state index in [0.29, 0.717) is 25.9 Å². The molecule has 2 aliphatic heterocycles. The summed E-state index contributed by atoms with van der Waals surface area (Å²) in [6.45, 7) is 7.89. The van der Waals surface area contributed by atoms with E-state index in [2.05, 4.69) is 50.1 Å². The first-order valence-electron chi connectivity index (χ1n) is 11.4. The van der Waals surface area contributed by atoms with Gasteiger partial charge in [-0.05, 0) is 44.7 Å². The van der Waals surface area contributed by atoms with Gasteiger partial charge < -0.3 is 14.2 Å². The van der Waals surface area contributed by atoms with Crippen molar-refractivity contribution in [3.63, 3.8) is 0 Å². The molecule has 0 bridgehead atoms. The van der Waals surface area contributed by atoms with Crippen LogP contribution in [0.4, 0.5) is 0 Å². The zero-order valence-corrected chi connectivity index (χ0v) is 18.9. The van der Waals surface area contributed by atoms with Crippen molar-refractivity contribution in [2.75, 3.05) is 6.61 Å². The van der Waals surface area contributed by atoms with Crippen LogP contribution in [0.1, 0.15) is 51.2 Å². The Bertz CT molecular complexity index is 792. The maximum Gasteiger partial charge on any atom is 0.179 e. The molecule has 0 spiro atoms. The molecule has 0 unspecified atom stereocenters. The third-order valence-corrected chi connectivity index (χ3v) is 5.80. The minimum absolute atomic E-state index is 0.0673. The van der Waals surface area contributed by atoms with Gasteiger partial charge in [0.05, 0.1) is 37.6 Å². The van der Waals surface area contributed by atoms with Crippen molar-refractivity contribution < 1.29 is 19.0 Å². The van der Waals surface area contributed by atoms with Gasteiger partial charge in [-0.2, -0.15) is 5.06 Å². The number of rotatable bonds is 9. The second-order valence-electron chi connectivity index (χ2n) is 9.50. The van der Waals surface area contributed by atoms with Crippen molar-refractivity contribution in [2.24, 2.45) is 0 Å². The fourth-order valence-electron chi connectivity index (χ4n) is 4.40. The summed E-state index contributed by atoms with van der Waals surface area (Å²) < 4.78 is 18.6. The molecular weight excluding hydrogens is 390 g/mol. The van der Waals surface area contributed by atoms with Gasteiger partial charge in [0.2, 0.25) is 0 Å². The van der Waals surface area contributed by atoms with Crippen LogP contribution in [-0.2, 0) is 32.3 Å². The molecule has 2 fully saturated rings. The molecule has 4 atom stereocenters. The van der Waals surface area contributed by atoms with Crippen molar-refractivity contribution in [3.05, 3.63) is 71.8 Å². The lowest BCUT2D eigenvalue weighted by atomic mass is 10.1. The van der Waals surface area contributed by atoms with Gasteiger partial charge in [0, 0.05) is 12.5 Å². The molecule has 31 heavy (non-hydrogen) atoms. The number of nitrogens with zero attached hydrogens (tertiary/aromatic N) is 1. The minimum atomic E-state index is -0.220. The van der Waals surface area contributed by atoms with Gasteiger partial charge in [-0.15, -0.1) is 0 Å². The molecule has 0 saturated carbocycles. The van der Waals surface area contributed by atoms with Gasteiger partial charge in [-0.1, -0.05) is 60.7 Å². The Labute approximate surface area is 186 Å². The maximum atomic E-state index is 6.41. The van der Waals surface area contributed by atoms with E-state index in [1.165, 1.54) is 11.1 Å². The average Bonchev–Trinajstić information content (AvgIpc) is 3.31. The number of hydroxylamine groups is 2. The molecule has 4 rings (SSSR count). The lowest BCUT2D eigenvalue weighted by molar-refractivity contribution is -0.282. The van der Waals surface area contributed by atoms with Crippen LogP contribution in [0.15, 0.2) is 60.7 Å². The zero-order valence-electron chi connectivity index (χ0n) is 18.9. The van der Waals surface area contributed by atoms with Gasteiger partial charge in [-0.25, -0.2) is 0 Å². The van der Waals surface area contributed by atoms with Gasteiger partial charge >= 0.3 is 0 Å². The summed E-state index contributed by atoms with van der Waals surface area (Å²) >= 11 is 0. The molecule has 0 radical (unpaired) electrons. The molecule has 0 N–H and O–H groups in total. The fourth-order valence-corrected chi connectivity index (χ4v) is 4.40. The molecule has 2 heterocycles. The molecule has 2 aromatic rings. The van der Waals surface area contributed by atoms with E-state index in [1.54, 1.807) is 0 Å². The van der Waals surface area contributed by atoms with E-state index in [1.807, 2.05) is 36.4 Å². The van der Waals surface area contributed by atoms with Crippen LogP contribution in [-0.4, -0.2) is 41.7 Å². The third-order valence-electron chi connectivity index (χ3n) is 5.80. The first-order valence-corrected chi connectivity index (χ1v) is 11.4. The number of hydrogen-bond acceptors (Lipinski definition) is 5. The number of ether oxygens (including phenoxy) is 3. The van der Waals surface area contributed by atoms with Gasteiger partial charge in [-0.3, -0.25) is 4.84 Å². The highest BCUT2D eigenvalue weighted by Crippen LogP contribution is 2.38. The van der Waals surface area contributed by atoms with Gasteiger partial charge in [0.1, 0.15) is 0 Å². The SMILES string of the molecule is CC(C)(C)O[C@H]1C[C@@H]2CC[C@@H]([C@@H](COCc3ccccc3)OCc3ccccc3)N2O1. The Morgan fingerprint density at radius 3 is 2.23 bits per heavy atom. The standard InChI is InChI=1S/C26H35NO4/c1-26(2,3)30-25-16-22-14-15-23(27(22)31-25)24(29-18-21-12-8-5-9-13-21)19-28-17-20-10-6-4-7-11-20/h4-13,22-25H,14-19H2,1-3H3/t22-,23-,24+,25+/m0/s1. The van der Waals surface area contributed by atoms with Crippen LogP contribution in [0.25, 0.3) is 0 Å². The summed E-state index contributed by atoms with van der Waals surface area (Å²) in [5.41, 5.74) is 2.12. The second kappa shape index (κ2) is 10.2. The van der Waals surface area contributed by atoms with Crippen LogP contribution in [0, 0.1) is 0 Å². The predicted molar refractivity (Wildman–Crippen MR) is 120 cm³/mol. The van der Waals surface area contributed by atoms with Crippen molar-refractivity contribution in [1.82, 2.24) is 5.06 Å². The number of hydrogen-bond donors (Lipinski definition) is 0. The molecular formula is C26H35NO4. The highest BCUT2D eigenvalue weighted by molar-refractivity contribution is 5.14. The summed E-state index contributed by atoms with van der Waals surface area (Å²) in [5.74, 6) is 0. The van der Waals surface area contributed by atoms with E-state index < -0.39 is 0 Å². The highest BCUT2D eigenvalue weighted by Gasteiger charge is 2.47.